The lowest BCUT2D eigenvalue weighted by atomic mass is 9.94. The highest BCUT2D eigenvalue weighted by molar-refractivity contribution is 7.94. The summed E-state index contributed by atoms with van der Waals surface area (Å²) in [6.07, 6.45) is 5.74. The third kappa shape index (κ3) is 0.891. The first-order valence-electron chi connectivity index (χ1n) is 4.06. The molecule has 0 amide bonds. The van der Waals surface area contributed by atoms with Gasteiger partial charge >= 0.3 is 0 Å². The van der Waals surface area contributed by atoms with Crippen molar-refractivity contribution in [3.63, 3.8) is 0 Å². The van der Waals surface area contributed by atoms with E-state index in [1.807, 2.05) is 18.2 Å². The smallest absolute Gasteiger partial charge is 0.101 e. The summed E-state index contributed by atoms with van der Waals surface area (Å²) < 4.78 is 23.8. The molecule has 3 aliphatic heterocycles. The van der Waals surface area contributed by atoms with Gasteiger partial charge < -0.3 is 0 Å². The second-order valence-corrected chi connectivity index (χ2v) is 7.41. The van der Waals surface area contributed by atoms with Gasteiger partial charge in [-0.05, 0) is 0 Å². The second-order valence-electron chi connectivity index (χ2n) is 3.45. The van der Waals surface area contributed by atoms with Crippen LogP contribution in [0.25, 0.3) is 0 Å². The zero-order valence-electron chi connectivity index (χ0n) is 6.55. The van der Waals surface area contributed by atoms with E-state index in [4.69, 9.17) is 11.6 Å². The Kier molecular flexibility index (Phi) is 1.65. The summed E-state index contributed by atoms with van der Waals surface area (Å²) in [5.41, 5.74) is 0. The molecule has 70 valence electrons. The molecule has 0 aromatic carbocycles. The quantitative estimate of drug-likeness (QED) is 0.584. The molecule has 0 saturated carbocycles. The lowest BCUT2D eigenvalue weighted by Crippen LogP contribution is -2.28. The van der Waals surface area contributed by atoms with E-state index in [-0.39, 0.29) is 21.7 Å². The minimum Gasteiger partial charge on any atom is -0.258 e. The van der Waals surface area contributed by atoms with Crippen LogP contribution in [0, 0.1) is 5.92 Å². The van der Waals surface area contributed by atoms with Gasteiger partial charge in [0.2, 0.25) is 0 Å². The van der Waals surface area contributed by atoms with E-state index in [2.05, 4.69) is 0 Å². The van der Waals surface area contributed by atoms with E-state index in [1.165, 1.54) is 0 Å². The number of hydrogen-bond acceptors (Lipinski definition) is 2. The Labute approximate surface area is 85.9 Å². The predicted octanol–water partition coefficient (Wildman–Crippen LogP) is 0.883. The van der Waals surface area contributed by atoms with Crippen LogP contribution in [-0.2, 0) is 21.6 Å². The SMILES string of the molecule is O=S1[C@@H]2C=C[C@H]1[C@H]1C=C(Cl)[S@@](=O)[C@H]12. The van der Waals surface area contributed by atoms with Crippen LogP contribution in [0.1, 0.15) is 0 Å². The first kappa shape index (κ1) is 8.38. The van der Waals surface area contributed by atoms with Crippen molar-refractivity contribution in [1.29, 1.82) is 0 Å². The van der Waals surface area contributed by atoms with Gasteiger partial charge in [0.15, 0.2) is 0 Å². The predicted molar refractivity (Wildman–Crippen MR) is 54.2 cm³/mol. The van der Waals surface area contributed by atoms with Crippen LogP contribution in [0.3, 0.4) is 0 Å². The fourth-order valence-electron chi connectivity index (χ4n) is 2.29. The van der Waals surface area contributed by atoms with Crippen molar-refractivity contribution in [2.75, 3.05) is 0 Å². The number of fused-ring (bicyclic) bond motifs is 5. The van der Waals surface area contributed by atoms with Crippen molar-refractivity contribution in [3.05, 3.63) is 22.6 Å². The summed E-state index contributed by atoms with van der Waals surface area (Å²) in [5, 5.41) is 0.0295. The van der Waals surface area contributed by atoms with Gasteiger partial charge in [0, 0.05) is 16.7 Å². The van der Waals surface area contributed by atoms with Crippen molar-refractivity contribution < 1.29 is 8.42 Å². The van der Waals surface area contributed by atoms with E-state index in [9.17, 15) is 8.42 Å². The maximum atomic E-state index is 11.7. The summed E-state index contributed by atoms with van der Waals surface area (Å²) in [6.45, 7) is 0. The summed E-state index contributed by atoms with van der Waals surface area (Å²) in [6, 6.07) is 0. The topological polar surface area (TPSA) is 34.1 Å². The molecule has 0 spiro atoms. The Hall–Kier alpha value is 0.0700. The normalized spacial score (nSPS) is 56.8. The number of hydrogen-bond donors (Lipinski definition) is 0. The van der Waals surface area contributed by atoms with Crippen molar-refractivity contribution in [2.45, 2.75) is 15.7 Å². The minimum absolute atomic E-state index is 0.0108. The number of allylic oxidation sites excluding steroid dienone is 1. The van der Waals surface area contributed by atoms with Gasteiger partial charge in [-0.2, -0.15) is 0 Å². The molecule has 5 heteroatoms. The molecule has 1 unspecified atom stereocenters. The molecule has 0 radical (unpaired) electrons. The molecule has 13 heavy (non-hydrogen) atoms. The zero-order chi connectivity index (χ0) is 9.16. The van der Waals surface area contributed by atoms with Gasteiger partial charge in [0.05, 0.1) is 26.5 Å². The fraction of sp³-hybridized carbons (Fsp3) is 0.500. The van der Waals surface area contributed by atoms with Crippen molar-refractivity contribution >= 4 is 33.2 Å². The maximum Gasteiger partial charge on any atom is 0.101 e. The van der Waals surface area contributed by atoms with E-state index in [0.29, 0.717) is 4.36 Å². The van der Waals surface area contributed by atoms with Gasteiger partial charge in [-0.3, -0.25) is 8.42 Å². The Morgan fingerprint density at radius 2 is 1.92 bits per heavy atom. The van der Waals surface area contributed by atoms with Crippen LogP contribution in [0.4, 0.5) is 0 Å². The molecule has 1 saturated heterocycles. The molecule has 3 heterocycles. The molecule has 1 fully saturated rings. The van der Waals surface area contributed by atoms with Crippen molar-refractivity contribution in [1.82, 2.24) is 0 Å². The van der Waals surface area contributed by atoms with Gasteiger partial charge in [-0.15, -0.1) is 0 Å². The molecular weight excluding hydrogens is 228 g/mol. The van der Waals surface area contributed by atoms with Gasteiger partial charge in [0.1, 0.15) is 4.36 Å². The lowest BCUT2D eigenvalue weighted by molar-refractivity contribution is 0.632. The maximum absolute atomic E-state index is 11.7. The van der Waals surface area contributed by atoms with Crippen molar-refractivity contribution in [2.24, 2.45) is 5.92 Å². The van der Waals surface area contributed by atoms with E-state index in [0.717, 1.165) is 0 Å². The van der Waals surface area contributed by atoms with Crippen LogP contribution < -0.4 is 0 Å². The molecule has 0 aromatic rings. The zero-order valence-corrected chi connectivity index (χ0v) is 8.94. The average molecular weight is 235 g/mol. The van der Waals surface area contributed by atoms with Gasteiger partial charge in [-0.25, -0.2) is 0 Å². The number of halogens is 1. The minimum atomic E-state index is -1.11. The van der Waals surface area contributed by atoms with E-state index in [1.54, 1.807) is 0 Å². The van der Waals surface area contributed by atoms with Crippen LogP contribution >= 0.6 is 11.6 Å². The third-order valence-corrected chi connectivity index (χ3v) is 7.24. The standard InChI is InChI=1S/C8H7ClO2S2/c9-7-3-4-5-1-2-6(12(5)10)8(4)13(7)11/h1-6,8H/t4-,5+,6-,8-,12?,13-/m1/s1. The van der Waals surface area contributed by atoms with E-state index < -0.39 is 21.6 Å². The second kappa shape index (κ2) is 2.55. The van der Waals surface area contributed by atoms with Crippen LogP contribution in [0.2, 0.25) is 0 Å². The summed E-state index contributed by atoms with van der Waals surface area (Å²) in [4.78, 5) is 0. The molecule has 2 bridgehead atoms. The highest BCUT2D eigenvalue weighted by atomic mass is 35.5. The monoisotopic (exact) mass is 234 g/mol. The van der Waals surface area contributed by atoms with Crippen molar-refractivity contribution in [3.8, 4) is 0 Å². The fourth-order valence-corrected chi connectivity index (χ4v) is 6.75. The van der Waals surface area contributed by atoms with Crippen LogP contribution in [0.5, 0.6) is 0 Å². The Bertz CT molecular complexity index is 388. The van der Waals surface area contributed by atoms with Crippen LogP contribution in [0.15, 0.2) is 22.6 Å². The molecule has 3 aliphatic rings. The molecule has 0 aliphatic carbocycles. The summed E-state index contributed by atoms with van der Waals surface area (Å²) in [7, 11) is -1.96. The first-order chi connectivity index (χ1) is 6.20. The highest BCUT2D eigenvalue weighted by Crippen LogP contribution is 2.46. The molecule has 3 rings (SSSR count). The molecular formula is C8H7ClO2S2. The molecule has 6 atom stereocenters. The summed E-state index contributed by atoms with van der Waals surface area (Å²) in [5.74, 6) is 0.157. The molecule has 0 N–H and O–H groups in total. The average Bonchev–Trinajstić information content (AvgIpc) is 2.67. The third-order valence-electron chi connectivity index (χ3n) is 2.87. The summed E-state index contributed by atoms with van der Waals surface area (Å²) >= 11 is 5.81. The Morgan fingerprint density at radius 1 is 1.23 bits per heavy atom. The van der Waals surface area contributed by atoms with Crippen LogP contribution in [-0.4, -0.2) is 24.2 Å². The largest absolute Gasteiger partial charge is 0.258 e. The lowest BCUT2D eigenvalue weighted by Gasteiger charge is -2.15. The Morgan fingerprint density at radius 3 is 2.62 bits per heavy atom. The molecule has 0 aromatic heterocycles. The Balaban J connectivity index is 2.12. The van der Waals surface area contributed by atoms with Gasteiger partial charge in [0.25, 0.3) is 0 Å². The van der Waals surface area contributed by atoms with E-state index >= 15 is 0 Å². The first-order valence-corrected chi connectivity index (χ1v) is 6.92. The number of rotatable bonds is 0. The molecule has 2 nitrogen and oxygen atoms in total. The highest BCUT2D eigenvalue weighted by Gasteiger charge is 2.55. The van der Waals surface area contributed by atoms with Gasteiger partial charge in [-0.1, -0.05) is 29.8 Å².